The summed E-state index contributed by atoms with van der Waals surface area (Å²) < 4.78 is 9.29. The number of carbonyl (C=O) groups is 7. The number of phenolic OH excluding ortho intramolecular Hbond substituents is 2. The van der Waals surface area contributed by atoms with Crippen LogP contribution in [0.4, 0.5) is 0 Å². The minimum Gasteiger partial charge on any atom is -0.508 e. The molecule has 0 fully saturated rings. The molecule has 0 aliphatic rings. The highest BCUT2D eigenvalue weighted by molar-refractivity contribution is 5.78. The average molecular weight is 1200 g/mol. The molecule has 11 N–H and O–H groups in total. The highest BCUT2D eigenvalue weighted by Gasteiger charge is 2.24. The van der Waals surface area contributed by atoms with Gasteiger partial charge < -0.3 is 66.3 Å². The van der Waals surface area contributed by atoms with Crippen LogP contribution in [0.3, 0.4) is 0 Å². The molecule has 3 aromatic carbocycles. The van der Waals surface area contributed by atoms with Crippen molar-refractivity contribution in [3.8, 4) is 17.2 Å². The monoisotopic (exact) mass is 1200 g/mol. The van der Waals surface area contributed by atoms with Crippen molar-refractivity contribution in [1.29, 1.82) is 0 Å². The summed E-state index contributed by atoms with van der Waals surface area (Å²) in [5, 5.41) is 87.8. The quantitative estimate of drug-likeness (QED) is 0.0247. The van der Waals surface area contributed by atoms with Crippen molar-refractivity contribution in [2.45, 2.75) is 129 Å². The third kappa shape index (κ3) is 25.8. The summed E-state index contributed by atoms with van der Waals surface area (Å²) in [5.74, 6) is -4.50. The number of allylic oxidation sites excluding steroid dienone is 1. The molecule has 2 aromatic heterocycles. The Balaban J connectivity index is 1.03. The van der Waals surface area contributed by atoms with E-state index in [4.69, 9.17) is 9.84 Å². The van der Waals surface area contributed by atoms with Crippen molar-refractivity contribution in [2.75, 3.05) is 45.8 Å². The molecule has 0 aliphatic carbocycles. The number of carbonyl (C=O) groups excluding carboxylic acids is 2. The first-order valence-corrected chi connectivity index (χ1v) is 28.5. The molecule has 0 radical (unpaired) electrons. The Kier molecular flexibility index (Phi) is 28.8. The standard InChI is InChI=1S/C59H80N12O15/c1-2-51(64-48(59(84)85)23-24-55(76)77)63-47(58(82)83)15-9-10-25-61-53(74)18-4-3-11-28-67(37-52-60-27-30-70(52)40-57(80)81)33-42-19-21-46(22-20-42)86-41-45-36-71(66-65-45)29-12-26-62-54(75)38-68(34-43-13-5-7-16-49(43)72)31-32-69(39-56(78)79)35-44-14-6-8-17-50(44)73/h2,5-8,13-14,16-17,19-22,27,30,36,47-48,63-64,72-73H,3-4,9-12,15,18,23-26,28-29,31-35,37-41H2,1H3,(H,61,74)(H,62,75)(H,76,77)(H,78,79)(H,80,81)(H,82,83)(H,84,85)/b51-2+. The number of rotatable bonds is 44. The van der Waals surface area contributed by atoms with Crippen molar-refractivity contribution in [3.05, 3.63) is 131 Å². The Hall–Kier alpha value is -9.08. The van der Waals surface area contributed by atoms with Gasteiger partial charge in [-0.2, -0.15) is 0 Å². The first-order chi connectivity index (χ1) is 41.3. The zero-order chi connectivity index (χ0) is 62.2. The van der Waals surface area contributed by atoms with Crippen molar-refractivity contribution in [1.82, 2.24) is 60.5 Å². The molecular formula is C59H80N12O15. The van der Waals surface area contributed by atoms with Gasteiger partial charge in [-0.15, -0.1) is 5.10 Å². The lowest BCUT2D eigenvalue weighted by molar-refractivity contribution is -0.141. The van der Waals surface area contributed by atoms with E-state index in [1.165, 1.54) is 6.08 Å². The van der Waals surface area contributed by atoms with Crippen LogP contribution in [-0.2, 0) is 79.4 Å². The van der Waals surface area contributed by atoms with E-state index in [1.54, 1.807) is 88.2 Å². The summed E-state index contributed by atoms with van der Waals surface area (Å²) in [6.45, 7) is 4.86. The molecule has 0 saturated heterocycles. The van der Waals surface area contributed by atoms with E-state index in [2.05, 4.69) is 41.5 Å². The lowest BCUT2D eigenvalue weighted by Gasteiger charge is -2.27. The molecule has 86 heavy (non-hydrogen) atoms. The molecule has 0 saturated carbocycles. The van der Waals surface area contributed by atoms with Crippen LogP contribution < -0.4 is 26.0 Å². The summed E-state index contributed by atoms with van der Waals surface area (Å²) in [4.78, 5) is 93.9. The Bertz CT molecular complexity index is 2990. The SMILES string of the molecule is C/C=C(\NC(CCCCNC(=O)CCCCCN(Cc1ccc(OCc2cn(CCCNC(=O)CN(CCN(CC(=O)O)Cc3ccccc3O)Cc3ccccc3O)nn2)cc1)Cc1nccn1CC(=O)O)C(=O)O)NC(CCC(=O)O)C(=O)O. The van der Waals surface area contributed by atoms with Gasteiger partial charge >= 0.3 is 29.8 Å². The maximum atomic E-state index is 13.2. The fourth-order valence-electron chi connectivity index (χ4n) is 9.17. The van der Waals surface area contributed by atoms with Gasteiger partial charge in [-0.25, -0.2) is 14.6 Å². The van der Waals surface area contributed by atoms with E-state index in [-0.39, 0.29) is 94.3 Å². The number of carboxylic acid groups (broad SMARTS) is 5. The third-order valence-electron chi connectivity index (χ3n) is 13.7. The zero-order valence-electron chi connectivity index (χ0n) is 48.3. The number of nitrogens with one attached hydrogen (secondary N) is 4. The van der Waals surface area contributed by atoms with Gasteiger partial charge in [0.25, 0.3) is 0 Å². The van der Waals surface area contributed by atoms with Crippen LogP contribution in [0.5, 0.6) is 17.2 Å². The molecule has 2 amide bonds. The predicted octanol–water partition coefficient (Wildman–Crippen LogP) is 3.81. The van der Waals surface area contributed by atoms with Gasteiger partial charge in [0.2, 0.25) is 11.8 Å². The van der Waals surface area contributed by atoms with Crippen molar-refractivity contribution >= 4 is 41.7 Å². The number of benzene rings is 3. The Morgan fingerprint density at radius 3 is 1.87 bits per heavy atom. The second kappa shape index (κ2) is 36.6. The van der Waals surface area contributed by atoms with Crippen molar-refractivity contribution < 1.29 is 74.0 Å². The molecular weight excluding hydrogens is 1120 g/mol. The number of imidazole rings is 1. The normalized spacial score (nSPS) is 12.2. The van der Waals surface area contributed by atoms with E-state index >= 15 is 0 Å². The number of nitrogens with zero attached hydrogens (tertiary/aromatic N) is 8. The minimum absolute atomic E-state index is 0.0163. The van der Waals surface area contributed by atoms with Gasteiger partial charge in [-0.1, -0.05) is 60.2 Å². The fourth-order valence-corrected chi connectivity index (χ4v) is 9.17. The predicted molar refractivity (Wildman–Crippen MR) is 312 cm³/mol. The van der Waals surface area contributed by atoms with Gasteiger partial charge in [0.15, 0.2) is 0 Å². The Labute approximate surface area is 498 Å². The molecule has 0 bridgehead atoms. The highest BCUT2D eigenvalue weighted by atomic mass is 16.5. The summed E-state index contributed by atoms with van der Waals surface area (Å²) >= 11 is 0. The molecule has 27 nitrogen and oxygen atoms in total. The molecule has 2 atom stereocenters. The molecule has 2 unspecified atom stereocenters. The number of unbranched alkanes of at least 4 members (excludes halogenated alkanes) is 3. The minimum atomic E-state index is -1.27. The number of hydrogen-bond acceptors (Lipinski definition) is 18. The van der Waals surface area contributed by atoms with Gasteiger partial charge in [0, 0.05) is 88.7 Å². The summed E-state index contributed by atoms with van der Waals surface area (Å²) in [6.07, 6.45) is 9.92. The van der Waals surface area contributed by atoms with E-state index in [0.29, 0.717) is 106 Å². The Morgan fingerprint density at radius 1 is 0.628 bits per heavy atom. The van der Waals surface area contributed by atoms with Crippen LogP contribution in [0.15, 0.2) is 103 Å². The van der Waals surface area contributed by atoms with Crippen LogP contribution in [0.2, 0.25) is 0 Å². The smallest absolute Gasteiger partial charge is 0.326 e. The number of amides is 2. The van der Waals surface area contributed by atoms with Gasteiger partial charge in [-0.3, -0.25) is 43.4 Å². The number of aromatic nitrogens is 5. The number of hydrogen-bond donors (Lipinski definition) is 11. The number of aliphatic carboxylic acids is 5. The maximum Gasteiger partial charge on any atom is 0.326 e. The number of aromatic hydroxyl groups is 2. The van der Waals surface area contributed by atoms with Gasteiger partial charge in [0.05, 0.1) is 31.7 Å². The van der Waals surface area contributed by atoms with Gasteiger partial charge in [-0.05, 0) is 94.3 Å². The second-order valence-corrected chi connectivity index (χ2v) is 20.6. The number of aryl methyl sites for hydroxylation is 1. The van der Waals surface area contributed by atoms with Crippen LogP contribution in [-0.4, -0.2) is 175 Å². The van der Waals surface area contributed by atoms with E-state index < -0.39 is 41.9 Å². The van der Waals surface area contributed by atoms with Crippen LogP contribution in [0, 0.1) is 0 Å². The molecule has 27 heteroatoms. The topological polar surface area (TPSA) is 377 Å². The highest BCUT2D eigenvalue weighted by Crippen LogP contribution is 2.21. The first kappa shape index (κ1) is 67.7. The van der Waals surface area contributed by atoms with Crippen LogP contribution in [0.25, 0.3) is 0 Å². The molecule has 0 aliphatic heterocycles. The second-order valence-electron chi connectivity index (χ2n) is 20.6. The number of ether oxygens (including phenoxy) is 1. The molecule has 0 spiro atoms. The Morgan fingerprint density at radius 2 is 1.26 bits per heavy atom. The maximum absolute atomic E-state index is 13.2. The molecule has 5 aromatic rings. The first-order valence-electron chi connectivity index (χ1n) is 28.5. The summed E-state index contributed by atoms with van der Waals surface area (Å²) in [6, 6.07) is 18.8. The van der Waals surface area contributed by atoms with Crippen molar-refractivity contribution in [2.24, 2.45) is 0 Å². The fraction of sp³-hybridized carbons (Fsp3) is 0.458. The van der Waals surface area contributed by atoms with Gasteiger partial charge in [0.1, 0.15) is 54.0 Å². The lowest BCUT2D eigenvalue weighted by atomic mass is 10.1. The molecule has 466 valence electrons. The largest absolute Gasteiger partial charge is 0.508 e. The van der Waals surface area contributed by atoms with Crippen molar-refractivity contribution in [3.63, 3.8) is 0 Å². The zero-order valence-corrected chi connectivity index (χ0v) is 48.3. The average Bonchev–Trinajstić information content (AvgIpc) is 4.32. The number of phenols is 2. The lowest BCUT2D eigenvalue weighted by Crippen LogP contribution is -2.45. The van der Waals surface area contributed by atoms with Crippen LogP contribution in [0.1, 0.15) is 99.3 Å². The number of carboxylic acids is 5. The number of para-hydroxylation sites is 2. The van der Waals surface area contributed by atoms with Crippen LogP contribution >= 0.6 is 0 Å². The van der Waals surface area contributed by atoms with E-state index in [0.717, 1.165) is 18.4 Å². The van der Waals surface area contributed by atoms with E-state index in [9.17, 15) is 64.2 Å². The summed E-state index contributed by atoms with van der Waals surface area (Å²) in [7, 11) is 0. The molecule has 5 rings (SSSR count). The van der Waals surface area contributed by atoms with E-state index in [1.807, 2.05) is 29.2 Å². The third-order valence-corrected chi connectivity index (χ3v) is 13.7. The molecule has 2 heterocycles. The summed E-state index contributed by atoms with van der Waals surface area (Å²) in [5.41, 5.74) is 2.75.